The second-order valence-corrected chi connectivity index (χ2v) is 6.66. The van der Waals surface area contributed by atoms with Crippen molar-refractivity contribution in [3.05, 3.63) is 40.3 Å². The topological polar surface area (TPSA) is 42.7 Å². The number of hydrogen-bond acceptors (Lipinski definition) is 3. The quantitative estimate of drug-likeness (QED) is 0.938. The smallest absolute Gasteiger partial charge is 0.153 e. The van der Waals surface area contributed by atoms with Gasteiger partial charge in [-0.3, -0.25) is 0 Å². The van der Waals surface area contributed by atoms with Gasteiger partial charge in [-0.2, -0.15) is 5.10 Å². The standard InChI is InChI=1S/C16H23ClN4/c1-6-18-9-12-7-14(16(3,4)5)19-15(8-12)21-10-13(17)11(2)20-21/h7-8,10,18H,6,9H2,1-5H3. The van der Waals surface area contributed by atoms with E-state index in [1.54, 1.807) is 4.68 Å². The first-order valence-corrected chi connectivity index (χ1v) is 7.63. The molecular weight excluding hydrogens is 284 g/mol. The van der Waals surface area contributed by atoms with Crippen molar-refractivity contribution in [2.45, 2.75) is 46.6 Å². The molecule has 0 aliphatic heterocycles. The van der Waals surface area contributed by atoms with E-state index in [1.165, 1.54) is 5.56 Å². The average Bonchev–Trinajstić information content (AvgIpc) is 2.75. The van der Waals surface area contributed by atoms with E-state index >= 15 is 0 Å². The number of hydrogen-bond donors (Lipinski definition) is 1. The Hall–Kier alpha value is -1.39. The molecule has 0 radical (unpaired) electrons. The highest BCUT2D eigenvalue weighted by Gasteiger charge is 2.18. The van der Waals surface area contributed by atoms with Crippen LogP contribution in [0.5, 0.6) is 0 Å². The van der Waals surface area contributed by atoms with Crippen LogP contribution in [0.4, 0.5) is 0 Å². The molecule has 114 valence electrons. The van der Waals surface area contributed by atoms with Crippen molar-refractivity contribution in [3.63, 3.8) is 0 Å². The number of pyridine rings is 1. The first-order chi connectivity index (χ1) is 9.81. The summed E-state index contributed by atoms with van der Waals surface area (Å²) < 4.78 is 1.75. The molecule has 0 aliphatic carbocycles. The Morgan fingerprint density at radius 1 is 1.29 bits per heavy atom. The molecule has 2 aromatic heterocycles. The van der Waals surface area contributed by atoms with Crippen molar-refractivity contribution < 1.29 is 0 Å². The third-order valence-electron chi connectivity index (χ3n) is 3.29. The fraction of sp³-hybridized carbons (Fsp3) is 0.500. The van der Waals surface area contributed by atoms with E-state index in [1.807, 2.05) is 13.1 Å². The van der Waals surface area contributed by atoms with Crippen molar-refractivity contribution in [2.75, 3.05) is 6.54 Å². The van der Waals surface area contributed by atoms with Crippen LogP contribution >= 0.6 is 11.6 Å². The third-order valence-corrected chi connectivity index (χ3v) is 3.66. The van der Waals surface area contributed by atoms with Gasteiger partial charge in [-0.1, -0.05) is 39.3 Å². The van der Waals surface area contributed by atoms with Crippen molar-refractivity contribution >= 4 is 11.6 Å². The number of aromatic nitrogens is 3. The minimum atomic E-state index is -0.0109. The van der Waals surface area contributed by atoms with E-state index in [-0.39, 0.29) is 5.41 Å². The second kappa shape index (κ2) is 6.16. The van der Waals surface area contributed by atoms with Gasteiger partial charge >= 0.3 is 0 Å². The largest absolute Gasteiger partial charge is 0.313 e. The predicted molar refractivity (Wildman–Crippen MR) is 87.2 cm³/mol. The summed E-state index contributed by atoms with van der Waals surface area (Å²) in [7, 11) is 0. The molecule has 0 aromatic carbocycles. The molecule has 5 heteroatoms. The number of rotatable bonds is 4. The van der Waals surface area contributed by atoms with E-state index in [0.717, 1.165) is 30.3 Å². The number of nitrogens with zero attached hydrogens (tertiary/aromatic N) is 3. The predicted octanol–water partition coefficient (Wildman–Crippen LogP) is 3.64. The molecule has 2 aromatic rings. The van der Waals surface area contributed by atoms with E-state index in [2.05, 4.69) is 50.2 Å². The molecule has 0 spiro atoms. The summed E-state index contributed by atoms with van der Waals surface area (Å²) in [6.45, 7) is 12.3. The van der Waals surface area contributed by atoms with Crippen LogP contribution in [-0.2, 0) is 12.0 Å². The van der Waals surface area contributed by atoms with Crippen LogP contribution in [0.1, 0.15) is 44.6 Å². The van der Waals surface area contributed by atoms with Crippen molar-refractivity contribution in [1.29, 1.82) is 0 Å². The highest BCUT2D eigenvalue weighted by Crippen LogP contribution is 2.24. The Labute approximate surface area is 131 Å². The SMILES string of the molecule is CCNCc1cc(-n2cc(Cl)c(C)n2)nc(C(C)(C)C)c1. The summed E-state index contributed by atoms with van der Waals surface area (Å²) in [5.74, 6) is 0.810. The van der Waals surface area contributed by atoms with Crippen LogP contribution in [0.25, 0.3) is 5.82 Å². The summed E-state index contributed by atoms with van der Waals surface area (Å²) in [6.07, 6.45) is 1.81. The van der Waals surface area contributed by atoms with Crippen LogP contribution in [0.3, 0.4) is 0 Å². The van der Waals surface area contributed by atoms with Crippen molar-refractivity contribution in [1.82, 2.24) is 20.1 Å². The van der Waals surface area contributed by atoms with Gasteiger partial charge in [-0.15, -0.1) is 0 Å². The lowest BCUT2D eigenvalue weighted by Crippen LogP contribution is -2.18. The zero-order valence-corrected chi connectivity index (χ0v) is 14.1. The van der Waals surface area contributed by atoms with E-state index in [4.69, 9.17) is 16.6 Å². The summed E-state index contributed by atoms with van der Waals surface area (Å²) in [5, 5.41) is 8.44. The second-order valence-electron chi connectivity index (χ2n) is 6.26. The maximum absolute atomic E-state index is 6.11. The fourth-order valence-corrected chi connectivity index (χ4v) is 2.13. The number of halogens is 1. The molecule has 1 N–H and O–H groups in total. The van der Waals surface area contributed by atoms with Crippen LogP contribution < -0.4 is 5.32 Å². The zero-order chi connectivity index (χ0) is 15.6. The van der Waals surface area contributed by atoms with Gasteiger partial charge in [0, 0.05) is 17.7 Å². The van der Waals surface area contributed by atoms with Crippen molar-refractivity contribution in [2.24, 2.45) is 0 Å². The molecule has 2 rings (SSSR count). The number of nitrogens with one attached hydrogen (secondary N) is 1. The maximum atomic E-state index is 6.11. The molecule has 0 atom stereocenters. The first kappa shape index (κ1) is 16.0. The van der Waals surface area contributed by atoms with Gasteiger partial charge in [0.1, 0.15) is 0 Å². The Balaban J connectivity index is 2.48. The van der Waals surface area contributed by atoms with E-state index in [9.17, 15) is 0 Å². The fourth-order valence-electron chi connectivity index (χ4n) is 2.00. The zero-order valence-electron chi connectivity index (χ0n) is 13.4. The molecule has 0 saturated carbocycles. The molecule has 0 aliphatic rings. The molecule has 0 fully saturated rings. The molecule has 21 heavy (non-hydrogen) atoms. The lowest BCUT2D eigenvalue weighted by Gasteiger charge is -2.20. The normalized spacial score (nSPS) is 11.9. The Bertz CT molecular complexity index is 606. The average molecular weight is 307 g/mol. The molecule has 0 amide bonds. The Kier molecular flexibility index (Phi) is 4.69. The monoisotopic (exact) mass is 306 g/mol. The maximum Gasteiger partial charge on any atom is 0.153 e. The van der Waals surface area contributed by atoms with Crippen LogP contribution in [0, 0.1) is 6.92 Å². The highest BCUT2D eigenvalue weighted by atomic mass is 35.5. The highest BCUT2D eigenvalue weighted by molar-refractivity contribution is 6.31. The lowest BCUT2D eigenvalue weighted by atomic mass is 9.90. The molecule has 0 unspecified atom stereocenters. The van der Waals surface area contributed by atoms with Crippen molar-refractivity contribution in [3.8, 4) is 5.82 Å². The molecular formula is C16H23ClN4. The molecule has 0 saturated heterocycles. The van der Waals surface area contributed by atoms with Gasteiger partial charge in [0.25, 0.3) is 0 Å². The minimum Gasteiger partial charge on any atom is -0.313 e. The lowest BCUT2D eigenvalue weighted by molar-refractivity contribution is 0.563. The number of aryl methyl sites for hydroxylation is 1. The van der Waals surface area contributed by atoms with Crippen LogP contribution in [0.15, 0.2) is 18.3 Å². The van der Waals surface area contributed by atoms with E-state index < -0.39 is 0 Å². The Morgan fingerprint density at radius 3 is 2.52 bits per heavy atom. The molecule has 4 nitrogen and oxygen atoms in total. The first-order valence-electron chi connectivity index (χ1n) is 7.25. The summed E-state index contributed by atoms with van der Waals surface area (Å²) in [4.78, 5) is 4.75. The molecule has 2 heterocycles. The summed E-state index contributed by atoms with van der Waals surface area (Å²) in [6, 6.07) is 4.21. The van der Waals surface area contributed by atoms with Gasteiger partial charge in [-0.25, -0.2) is 9.67 Å². The Morgan fingerprint density at radius 2 is 2.00 bits per heavy atom. The van der Waals surface area contributed by atoms with Crippen LogP contribution in [0.2, 0.25) is 5.02 Å². The van der Waals surface area contributed by atoms with Gasteiger partial charge in [0.05, 0.1) is 16.9 Å². The molecule has 0 bridgehead atoms. The van der Waals surface area contributed by atoms with Gasteiger partial charge < -0.3 is 5.32 Å². The third kappa shape index (κ3) is 3.83. The summed E-state index contributed by atoms with van der Waals surface area (Å²) >= 11 is 6.11. The van der Waals surface area contributed by atoms with E-state index in [0.29, 0.717) is 5.02 Å². The van der Waals surface area contributed by atoms with Gasteiger partial charge in [0.15, 0.2) is 5.82 Å². The van der Waals surface area contributed by atoms with Gasteiger partial charge in [0.2, 0.25) is 0 Å². The van der Waals surface area contributed by atoms with Crippen LogP contribution in [-0.4, -0.2) is 21.3 Å². The summed E-state index contributed by atoms with van der Waals surface area (Å²) in [5.41, 5.74) is 3.06. The minimum absolute atomic E-state index is 0.0109. The van der Waals surface area contributed by atoms with Gasteiger partial charge in [-0.05, 0) is 31.2 Å².